The van der Waals surface area contributed by atoms with Crippen LogP contribution in [0.25, 0.3) is 0 Å². The first kappa shape index (κ1) is 17.1. The zero-order chi connectivity index (χ0) is 18.8. The molecule has 1 atom stereocenters. The lowest BCUT2D eigenvalue weighted by Gasteiger charge is -2.19. The zero-order valence-corrected chi connectivity index (χ0v) is 14.7. The second-order valence-electron chi connectivity index (χ2n) is 6.81. The molecule has 0 radical (unpaired) electrons. The molecule has 0 aromatic heterocycles. The third kappa shape index (κ3) is 3.63. The number of hydrogen-bond donors (Lipinski definition) is 1. The molecule has 6 nitrogen and oxygen atoms in total. The smallest absolute Gasteiger partial charge is 0.265 e. The van der Waals surface area contributed by atoms with Gasteiger partial charge in [0, 0.05) is 23.7 Å². The molecule has 1 fully saturated rings. The normalized spacial score (nSPS) is 17.4. The number of amides is 2. The van der Waals surface area contributed by atoms with Gasteiger partial charge in [-0.2, -0.15) is 5.26 Å². The van der Waals surface area contributed by atoms with E-state index in [4.69, 9.17) is 10.00 Å². The van der Waals surface area contributed by atoms with Gasteiger partial charge in [-0.25, -0.2) is 0 Å². The number of para-hydroxylation sites is 1. The van der Waals surface area contributed by atoms with Crippen LogP contribution in [0.15, 0.2) is 48.5 Å². The maximum Gasteiger partial charge on any atom is 0.265 e. The number of nitriles is 1. The average molecular weight is 361 g/mol. The molecule has 1 heterocycles. The number of ether oxygens (including phenoxy) is 1. The van der Waals surface area contributed by atoms with Crippen LogP contribution in [-0.2, 0) is 11.2 Å². The Morgan fingerprint density at radius 1 is 1.19 bits per heavy atom. The molecule has 2 aliphatic rings. The van der Waals surface area contributed by atoms with E-state index in [1.54, 1.807) is 29.2 Å². The van der Waals surface area contributed by atoms with Gasteiger partial charge >= 0.3 is 0 Å². The Bertz CT molecular complexity index is 905. The van der Waals surface area contributed by atoms with E-state index in [1.165, 1.54) is 0 Å². The van der Waals surface area contributed by atoms with Crippen molar-refractivity contribution in [2.24, 2.45) is 0 Å². The highest BCUT2D eigenvalue weighted by atomic mass is 16.5. The second kappa shape index (κ2) is 7.12. The summed E-state index contributed by atoms with van der Waals surface area (Å²) < 4.78 is 5.71. The van der Waals surface area contributed by atoms with Gasteiger partial charge in [0.25, 0.3) is 11.8 Å². The van der Waals surface area contributed by atoms with Crippen LogP contribution in [0, 0.1) is 11.3 Å². The van der Waals surface area contributed by atoms with E-state index in [2.05, 4.69) is 11.4 Å². The van der Waals surface area contributed by atoms with Crippen LogP contribution in [0.2, 0.25) is 0 Å². The molecular formula is C21H19N3O3. The monoisotopic (exact) mass is 361 g/mol. The van der Waals surface area contributed by atoms with Crippen molar-refractivity contribution in [3.63, 3.8) is 0 Å². The van der Waals surface area contributed by atoms with Gasteiger partial charge in [-0.1, -0.05) is 24.3 Å². The van der Waals surface area contributed by atoms with Gasteiger partial charge in [-0.15, -0.1) is 0 Å². The molecule has 6 heteroatoms. The standard InChI is InChI=1S/C21H19N3O3/c22-10-11-24(17-8-9-17)21(26)15-5-3-6-16(12-15)23-20(25)19-13-14-4-1-2-7-18(14)27-19/h1-7,12,17,19H,8-9,11,13H2,(H,23,25)/t19-/m0/s1. The van der Waals surface area contributed by atoms with Gasteiger partial charge < -0.3 is 15.0 Å². The summed E-state index contributed by atoms with van der Waals surface area (Å²) >= 11 is 0. The number of hydrogen-bond acceptors (Lipinski definition) is 4. The van der Waals surface area contributed by atoms with Crippen LogP contribution in [-0.4, -0.2) is 35.4 Å². The highest BCUT2D eigenvalue weighted by molar-refractivity contribution is 5.99. The number of nitrogens with one attached hydrogen (secondary N) is 1. The first-order valence-electron chi connectivity index (χ1n) is 8.99. The minimum atomic E-state index is -0.580. The largest absolute Gasteiger partial charge is 0.480 e. The fraction of sp³-hybridized carbons (Fsp3) is 0.286. The summed E-state index contributed by atoms with van der Waals surface area (Å²) in [5.74, 6) is 0.310. The number of anilines is 1. The van der Waals surface area contributed by atoms with Crippen molar-refractivity contribution < 1.29 is 14.3 Å². The molecule has 2 aromatic carbocycles. The van der Waals surface area contributed by atoms with E-state index in [-0.39, 0.29) is 24.4 Å². The highest BCUT2D eigenvalue weighted by Crippen LogP contribution is 2.30. The van der Waals surface area contributed by atoms with Crippen molar-refractivity contribution in [2.45, 2.75) is 31.4 Å². The number of carbonyl (C=O) groups excluding carboxylic acids is 2. The van der Waals surface area contributed by atoms with Crippen molar-refractivity contribution in [3.05, 3.63) is 59.7 Å². The van der Waals surface area contributed by atoms with Crippen LogP contribution >= 0.6 is 0 Å². The minimum absolute atomic E-state index is 0.0776. The van der Waals surface area contributed by atoms with Gasteiger partial charge in [-0.3, -0.25) is 9.59 Å². The number of nitrogens with zero attached hydrogens (tertiary/aromatic N) is 2. The topological polar surface area (TPSA) is 82.4 Å². The molecule has 0 spiro atoms. The molecule has 1 N–H and O–H groups in total. The second-order valence-corrected chi connectivity index (χ2v) is 6.81. The third-order valence-electron chi connectivity index (χ3n) is 4.81. The Labute approximate surface area is 157 Å². The van der Waals surface area contributed by atoms with Crippen molar-refractivity contribution in [2.75, 3.05) is 11.9 Å². The number of carbonyl (C=O) groups is 2. The minimum Gasteiger partial charge on any atom is -0.480 e. The molecule has 0 unspecified atom stereocenters. The Balaban J connectivity index is 1.44. The van der Waals surface area contributed by atoms with Gasteiger partial charge in [0.2, 0.25) is 0 Å². The molecule has 1 aliphatic heterocycles. The van der Waals surface area contributed by atoms with E-state index in [0.717, 1.165) is 24.2 Å². The van der Waals surface area contributed by atoms with E-state index in [1.807, 2.05) is 24.3 Å². The first-order chi connectivity index (χ1) is 13.2. The summed E-state index contributed by atoms with van der Waals surface area (Å²) in [6, 6.07) is 16.6. The van der Waals surface area contributed by atoms with Gasteiger partial charge in [-0.05, 0) is 42.7 Å². The Kier molecular flexibility index (Phi) is 4.51. The van der Waals surface area contributed by atoms with Crippen molar-refractivity contribution in [1.29, 1.82) is 5.26 Å². The molecule has 1 aliphatic carbocycles. The molecule has 0 saturated heterocycles. The van der Waals surface area contributed by atoms with Gasteiger partial charge in [0.05, 0.1) is 6.07 Å². The predicted octanol–water partition coefficient (Wildman–Crippen LogP) is 2.76. The molecule has 1 saturated carbocycles. The Morgan fingerprint density at radius 2 is 2.00 bits per heavy atom. The predicted molar refractivity (Wildman–Crippen MR) is 99.3 cm³/mol. The number of fused-ring (bicyclic) bond motifs is 1. The van der Waals surface area contributed by atoms with Crippen LogP contribution in [0.3, 0.4) is 0 Å². The third-order valence-corrected chi connectivity index (χ3v) is 4.81. The number of rotatable bonds is 5. The van der Waals surface area contributed by atoms with E-state index < -0.39 is 6.10 Å². The molecule has 136 valence electrons. The Hall–Kier alpha value is -3.33. The van der Waals surface area contributed by atoms with Crippen LogP contribution < -0.4 is 10.1 Å². The SMILES string of the molecule is N#CCN(C(=O)c1cccc(NC(=O)[C@@H]2Cc3ccccc3O2)c1)C1CC1. The van der Waals surface area contributed by atoms with Crippen LogP contribution in [0.5, 0.6) is 5.75 Å². The summed E-state index contributed by atoms with van der Waals surface area (Å²) in [5, 5.41) is 11.8. The molecule has 4 rings (SSSR count). The van der Waals surface area contributed by atoms with Crippen molar-refractivity contribution >= 4 is 17.5 Å². The lowest BCUT2D eigenvalue weighted by atomic mass is 10.1. The number of benzene rings is 2. The van der Waals surface area contributed by atoms with Crippen molar-refractivity contribution in [1.82, 2.24) is 4.90 Å². The summed E-state index contributed by atoms with van der Waals surface area (Å²) in [5.41, 5.74) is 2.02. The first-order valence-corrected chi connectivity index (χ1v) is 8.99. The zero-order valence-electron chi connectivity index (χ0n) is 14.7. The lowest BCUT2D eigenvalue weighted by molar-refractivity contribution is -0.122. The summed E-state index contributed by atoms with van der Waals surface area (Å²) in [4.78, 5) is 26.8. The molecule has 0 bridgehead atoms. The quantitative estimate of drug-likeness (QED) is 0.830. The lowest BCUT2D eigenvalue weighted by Crippen LogP contribution is -2.34. The van der Waals surface area contributed by atoms with Crippen molar-refractivity contribution in [3.8, 4) is 11.8 Å². The molecule has 2 amide bonds. The molecule has 2 aromatic rings. The average Bonchev–Trinajstić information content (AvgIpc) is 3.43. The van der Waals surface area contributed by atoms with E-state index in [9.17, 15) is 9.59 Å². The van der Waals surface area contributed by atoms with E-state index in [0.29, 0.717) is 17.7 Å². The van der Waals surface area contributed by atoms with Gasteiger partial charge in [0.15, 0.2) is 6.10 Å². The van der Waals surface area contributed by atoms with Gasteiger partial charge in [0.1, 0.15) is 12.3 Å². The fourth-order valence-electron chi connectivity index (χ4n) is 3.28. The summed E-state index contributed by atoms with van der Waals surface area (Å²) in [7, 11) is 0. The molecule has 27 heavy (non-hydrogen) atoms. The molecular weight excluding hydrogens is 342 g/mol. The van der Waals surface area contributed by atoms with E-state index >= 15 is 0 Å². The Morgan fingerprint density at radius 3 is 2.74 bits per heavy atom. The highest BCUT2D eigenvalue weighted by Gasteiger charge is 2.33. The fourth-order valence-corrected chi connectivity index (χ4v) is 3.28. The van der Waals surface area contributed by atoms with Crippen LogP contribution in [0.4, 0.5) is 5.69 Å². The summed E-state index contributed by atoms with van der Waals surface area (Å²) in [6.07, 6.45) is 1.81. The van der Waals surface area contributed by atoms with Crippen LogP contribution in [0.1, 0.15) is 28.8 Å². The summed E-state index contributed by atoms with van der Waals surface area (Å²) in [6.45, 7) is 0.0776. The maximum absolute atomic E-state index is 12.7. The maximum atomic E-state index is 12.7.